The Morgan fingerprint density at radius 2 is 1.93 bits per heavy atom. The zero-order valence-corrected chi connectivity index (χ0v) is 17.1. The molecule has 1 aliphatic rings. The van der Waals surface area contributed by atoms with E-state index in [1.54, 1.807) is 6.26 Å². The monoisotopic (exact) mass is 383 g/mol. The van der Waals surface area contributed by atoms with E-state index in [0.29, 0.717) is 13.1 Å². The molecule has 2 amide bonds. The molecular formula is C22H29N3O3. The van der Waals surface area contributed by atoms with Crippen LogP contribution in [0.1, 0.15) is 38.0 Å². The number of nitrogens with one attached hydrogen (secondary N) is 1. The highest BCUT2D eigenvalue weighted by Gasteiger charge is 2.34. The Morgan fingerprint density at radius 3 is 2.50 bits per heavy atom. The molecule has 3 rings (SSSR count). The minimum atomic E-state index is -0.0936. The maximum absolute atomic E-state index is 12.9. The third kappa shape index (κ3) is 4.94. The van der Waals surface area contributed by atoms with E-state index in [-0.39, 0.29) is 23.7 Å². The number of anilines is 2. The average molecular weight is 383 g/mol. The Balaban J connectivity index is 1.86. The number of amides is 2. The van der Waals surface area contributed by atoms with Crippen molar-refractivity contribution in [3.63, 3.8) is 0 Å². The van der Waals surface area contributed by atoms with Crippen molar-refractivity contribution in [1.29, 1.82) is 0 Å². The second kappa shape index (κ2) is 8.50. The van der Waals surface area contributed by atoms with E-state index < -0.39 is 0 Å². The van der Waals surface area contributed by atoms with Crippen molar-refractivity contribution in [2.75, 3.05) is 24.3 Å². The van der Waals surface area contributed by atoms with Crippen LogP contribution in [0.2, 0.25) is 0 Å². The molecule has 0 unspecified atom stereocenters. The van der Waals surface area contributed by atoms with Gasteiger partial charge in [-0.25, -0.2) is 0 Å². The third-order valence-corrected chi connectivity index (χ3v) is 4.88. The Morgan fingerprint density at radius 1 is 1.18 bits per heavy atom. The van der Waals surface area contributed by atoms with Gasteiger partial charge in [-0.1, -0.05) is 13.8 Å². The quantitative estimate of drug-likeness (QED) is 0.751. The van der Waals surface area contributed by atoms with Crippen molar-refractivity contribution in [1.82, 2.24) is 4.90 Å². The first-order chi connectivity index (χ1) is 13.3. The highest BCUT2D eigenvalue weighted by atomic mass is 16.3. The molecule has 0 aliphatic heterocycles. The number of benzene rings is 1. The minimum Gasteiger partial charge on any atom is -0.467 e. The lowest BCUT2D eigenvalue weighted by atomic mass is 10.1. The normalized spacial score (nSPS) is 13.5. The molecule has 0 saturated heterocycles. The second-order valence-corrected chi connectivity index (χ2v) is 7.93. The minimum absolute atomic E-state index is 0.0231. The summed E-state index contributed by atoms with van der Waals surface area (Å²) < 4.78 is 5.47. The molecule has 2 aromatic rings. The van der Waals surface area contributed by atoms with E-state index in [4.69, 9.17) is 4.42 Å². The first kappa shape index (κ1) is 20.0. The molecule has 1 aliphatic carbocycles. The van der Waals surface area contributed by atoms with Gasteiger partial charge in [-0.3, -0.25) is 9.59 Å². The average Bonchev–Trinajstić information content (AvgIpc) is 3.37. The fourth-order valence-corrected chi connectivity index (χ4v) is 3.11. The van der Waals surface area contributed by atoms with Crippen molar-refractivity contribution >= 4 is 23.2 Å². The van der Waals surface area contributed by atoms with Gasteiger partial charge in [0.25, 0.3) is 0 Å². The molecule has 0 bridgehead atoms. The standard InChI is InChI=1S/C22H29N3O3/c1-15(2)21(26)23-18-9-10-20(24(3)4)17(12-18)13-25(22(27)16-7-8-16)14-19-6-5-11-28-19/h5-6,9-12,15-16H,7-8,13-14H2,1-4H3,(H,23,26). The number of nitrogens with zero attached hydrogens (tertiary/aromatic N) is 2. The molecule has 6 heteroatoms. The molecule has 0 atom stereocenters. The molecule has 1 saturated carbocycles. The van der Waals surface area contributed by atoms with Crippen LogP contribution in [0.3, 0.4) is 0 Å². The maximum Gasteiger partial charge on any atom is 0.226 e. The molecule has 1 aromatic heterocycles. The number of hydrogen-bond acceptors (Lipinski definition) is 4. The fourth-order valence-electron chi connectivity index (χ4n) is 3.11. The summed E-state index contributed by atoms with van der Waals surface area (Å²) in [5, 5.41) is 2.95. The van der Waals surface area contributed by atoms with Crippen LogP contribution in [0.5, 0.6) is 0 Å². The van der Waals surface area contributed by atoms with Gasteiger partial charge in [0.15, 0.2) is 0 Å². The van der Waals surface area contributed by atoms with E-state index in [2.05, 4.69) is 5.32 Å². The molecule has 1 aromatic carbocycles. The summed E-state index contributed by atoms with van der Waals surface area (Å²) in [4.78, 5) is 28.8. The molecule has 1 heterocycles. The van der Waals surface area contributed by atoms with Crippen LogP contribution in [0, 0.1) is 11.8 Å². The fraction of sp³-hybridized carbons (Fsp3) is 0.455. The Labute approximate surface area is 166 Å². The van der Waals surface area contributed by atoms with Crippen molar-refractivity contribution in [2.45, 2.75) is 39.8 Å². The van der Waals surface area contributed by atoms with Crippen molar-refractivity contribution in [3.05, 3.63) is 47.9 Å². The van der Waals surface area contributed by atoms with Gasteiger partial charge in [0.2, 0.25) is 11.8 Å². The van der Waals surface area contributed by atoms with Crippen LogP contribution < -0.4 is 10.2 Å². The first-order valence-electron chi connectivity index (χ1n) is 9.77. The highest BCUT2D eigenvalue weighted by molar-refractivity contribution is 5.92. The van der Waals surface area contributed by atoms with Gasteiger partial charge < -0.3 is 19.5 Å². The largest absolute Gasteiger partial charge is 0.467 e. The predicted molar refractivity (Wildman–Crippen MR) is 110 cm³/mol. The summed E-state index contributed by atoms with van der Waals surface area (Å²) in [6.07, 6.45) is 3.54. The summed E-state index contributed by atoms with van der Waals surface area (Å²) in [6, 6.07) is 9.57. The lowest BCUT2D eigenvalue weighted by molar-refractivity contribution is -0.134. The lowest BCUT2D eigenvalue weighted by Gasteiger charge is -2.26. The molecule has 0 spiro atoms. The molecule has 150 valence electrons. The van der Waals surface area contributed by atoms with Crippen molar-refractivity contribution in [3.8, 4) is 0 Å². The van der Waals surface area contributed by atoms with E-state index >= 15 is 0 Å². The van der Waals surface area contributed by atoms with Gasteiger partial charge in [-0.15, -0.1) is 0 Å². The zero-order valence-electron chi connectivity index (χ0n) is 17.1. The summed E-state index contributed by atoms with van der Waals surface area (Å²) in [5.41, 5.74) is 2.76. The van der Waals surface area contributed by atoms with Gasteiger partial charge in [0, 0.05) is 43.9 Å². The lowest BCUT2D eigenvalue weighted by Crippen LogP contribution is -2.32. The molecule has 6 nitrogen and oxygen atoms in total. The number of carbonyl (C=O) groups is 2. The molecular weight excluding hydrogens is 354 g/mol. The highest BCUT2D eigenvalue weighted by Crippen LogP contribution is 2.33. The zero-order chi connectivity index (χ0) is 20.3. The van der Waals surface area contributed by atoms with Crippen LogP contribution in [0.15, 0.2) is 41.0 Å². The topological polar surface area (TPSA) is 65.8 Å². The van der Waals surface area contributed by atoms with Gasteiger partial charge in [-0.2, -0.15) is 0 Å². The molecule has 1 N–H and O–H groups in total. The van der Waals surface area contributed by atoms with Crippen LogP contribution >= 0.6 is 0 Å². The SMILES string of the molecule is CC(C)C(=O)Nc1ccc(N(C)C)c(CN(Cc2ccco2)C(=O)C2CC2)c1. The maximum atomic E-state index is 12.9. The Bertz CT molecular complexity index is 824. The summed E-state index contributed by atoms with van der Waals surface area (Å²) >= 11 is 0. The Kier molecular flexibility index (Phi) is 6.07. The Hall–Kier alpha value is -2.76. The number of hydrogen-bond donors (Lipinski definition) is 1. The van der Waals surface area contributed by atoms with E-state index in [1.165, 1.54) is 0 Å². The number of furan rings is 1. The molecule has 28 heavy (non-hydrogen) atoms. The molecule has 0 radical (unpaired) electrons. The summed E-state index contributed by atoms with van der Waals surface area (Å²) in [7, 11) is 3.95. The third-order valence-electron chi connectivity index (χ3n) is 4.88. The molecule has 1 fully saturated rings. The number of rotatable bonds is 8. The summed E-state index contributed by atoms with van der Waals surface area (Å²) in [6.45, 7) is 4.64. The van der Waals surface area contributed by atoms with Gasteiger partial charge >= 0.3 is 0 Å². The van der Waals surface area contributed by atoms with Crippen LogP contribution in [-0.4, -0.2) is 30.8 Å². The van der Waals surface area contributed by atoms with E-state index in [1.807, 2.05) is 68.1 Å². The first-order valence-corrected chi connectivity index (χ1v) is 9.77. The van der Waals surface area contributed by atoms with Gasteiger partial charge in [0.1, 0.15) is 5.76 Å². The number of carbonyl (C=O) groups excluding carboxylic acids is 2. The van der Waals surface area contributed by atoms with Crippen molar-refractivity contribution < 1.29 is 14.0 Å². The van der Waals surface area contributed by atoms with Crippen LogP contribution in [0.25, 0.3) is 0 Å². The van der Waals surface area contributed by atoms with Gasteiger partial charge in [-0.05, 0) is 48.7 Å². The van der Waals surface area contributed by atoms with Crippen molar-refractivity contribution in [2.24, 2.45) is 11.8 Å². The van der Waals surface area contributed by atoms with Crippen LogP contribution in [0.4, 0.5) is 11.4 Å². The van der Waals surface area contributed by atoms with E-state index in [0.717, 1.165) is 35.5 Å². The predicted octanol–water partition coefficient (Wildman–Crippen LogP) is 3.88. The van der Waals surface area contributed by atoms with Crippen LogP contribution in [-0.2, 0) is 22.7 Å². The van der Waals surface area contributed by atoms with E-state index in [9.17, 15) is 9.59 Å². The summed E-state index contributed by atoms with van der Waals surface area (Å²) in [5.74, 6) is 0.943. The smallest absolute Gasteiger partial charge is 0.226 e. The van der Waals surface area contributed by atoms with Gasteiger partial charge in [0.05, 0.1) is 12.8 Å². The second-order valence-electron chi connectivity index (χ2n) is 7.93.